The largest absolute Gasteiger partial charge is 0.329 e. The molecule has 1 aliphatic heterocycles. The molecule has 0 saturated carbocycles. The number of nitrogens with zero attached hydrogens (tertiary/aromatic N) is 1. The quantitative estimate of drug-likeness (QED) is 0.608. The first-order valence-corrected chi connectivity index (χ1v) is 11.1. The van der Waals surface area contributed by atoms with Crippen molar-refractivity contribution in [3.05, 3.63) is 83.4 Å². The highest BCUT2D eigenvalue weighted by Gasteiger charge is 2.50. The summed E-state index contributed by atoms with van der Waals surface area (Å²) in [6.45, 7) is 9.43. The van der Waals surface area contributed by atoms with Crippen LogP contribution in [-0.2, 0) is 22.3 Å². The number of carbonyl (C=O) groups excluding carboxylic acids is 2. The molecule has 3 aromatic rings. The molecule has 3 aromatic carbocycles. The van der Waals surface area contributed by atoms with Crippen molar-refractivity contribution in [1.82, 2.24) is 10.2 Å². The standard InChI is InChI=1S/C27H31N3O2/c1-26(2,3)22-13-10-19(11-14-22)17-29(5)18-30-24(31)27(4,28-25(30)32)23-15-12-20-8-6-7-9-21(20)16-23/h6-16H,17-18H2,1-5H3,(H,28,32)/p+1/t27-/m0/s1. The van der Waals surface area contributed by atoms with Gasteiger partial charge in [-0.3, -0.25) is 4.79 Å². The zero-order valence-electron chi connectivity index (χ0n) is 19.5. The van der Waals surface area contributed by atoms with Gasteiger partial charge in [0.25, 0.3) is 5.91 Å². The average Bonchev–Trinajstić information content (AvgIpc) is 2.97. The third-order valence-electron chi connectivity index (χ3n) is 6.36. The zero-order chi connectivity index (χ0) is 23.1. The van der Waals surface area contributed by atoms with E-state index in [-0.39, 0.29) is 17.4 Å². The van der Waals surface area contributed by atoms with Crippen molar-refractivity contribution in [3.8, 4) is 0 Å². The first kappa shape index (κ1) is 22.0. The van der Waals surface area contributed by atoms with E-state index in [0.29, 0.717) is 6.67 Å². The molecule has 166 valence electrons. The maximum Gasteiger partial charge on any atom is 0.329 e. The van der Waals surface area contributed by atoms with Gasteiger partial charge in [-0.2, -0.15) is 0 Å². The number of hydrogen-bond donors (Lipinski definition) is 2. The molecular formula is C27H32N3O2+. The van der Waals surface area contributed by atoms with Gasteiger partial charge in [0.05, 0.1) is 7.05 Å². The number of rotatable bonds is 5. The number of carbonyl (C=O) groups is 2. The average molecular weight is 431 g/mol. The number of fused-ring (bicyclic) bond motifs is 1. The highest BCUT2D eigenvalue weighted by atomic mass is 16.2. The van der Waals surface area contributed by atoms with Crippen LogP contribution in [0, 0.1) is 0 Å². The fourth-order valence-corrected chi connectivity index (χ4v) is 4.33. The van der Waals surface area contributed by atoms with Crippen molar-refractivity contribution < 1.29 is 14.5 Å². The van der Waals surface area contributed by atoms with Gasteiger partial charge in [0, 0.05) is 5.56 Å². The van der Waals surface area contributed by atoms with Crippen LogP contribution in [0.15, 0.2) is 66.7 Å². The Hall–Kier alpha value is -3.18. The van der Waals surface area contributed by atoms with Crippen LogP contribution in [0.1, 0.15) is 44.4 Å². The smallest absolute Gasteiger partial charge is 0.319 e. The van der Waals surface area contributed by atoms with Crippen molar-refractivity contribution in [2.75, 3.05) is 13.7 Å². The van der Waals surface area contributed by atoms with Gasteiger partial charge in [-0.15, -0.1) is 0 Å². The van der Waals surface area contributed by atoms with Crippen LogP contribution in [0.3, 0.4) is 0 Å². The van der Waals surface area contributed by atoms with E-state index in [1.807, 2.05) is 49.5 Å². The fourth-order valence-electron chi connectivity index (χ4n) is 4.33. The number of urea groups is 1. The number of hydrogen-bond acceptors (Lipinski definition) is 2. The number of quaternary nitrogens is 1. The normalized spacial score (nSPS) is 20.0. The Kier molecular flexibility index (Phi) is 5.55. The number of amides is 3. The lowest BCUT2D eigenvalue weighted by Gasteiger charge is -2.24. The van der Waals surface area contributed by atoms with Gasteiger partial charge in [-0.25, -0.2) is 9.69 Å². The third kappa shape index (κ3) is 4.13. The van der Waals surface area contributed by atoms with Gasteiger partial charge < -0.3 is 10.2 Å². The van der Waals surface area contributed by atoms with Crippen LogP contribution in [0.25, 0.3) is 10.8 Å². The molecule has 1 fully saturated rings. The van der Waals surface area contributed by atoms with Gasteiger partial charge >= 0.3 is 6.03 Å². The Labute approximate surface area is 190 Å². The Morgan fingerprint density at radius 1 is 0.938 bits per heavy atom. The molecule has 2 atom stereocenters. The van der Waals surface area contributed by atoms with Gasteiger partial charge in [0.15, 0.2) is 6.67 Å². The highest BCUT2D eigenvalue weighted by Crippen LogP contribution is 2.30. The lowest BCUT2D eigenvalue weighted by Crippen LogP contribution is -3.09. The summed E-state index contributed by atoms with van der Waals surface area (Å²) in [4.78, 5) is 28.5. The van der Waals surface area contributed by atoms with Crippen LogP contribution in [0.2, 0.25) is 0 Å². The van der Waals surface area contributed by atoms with Gasteiger partial charge in [0.2, 0.25) is 0 Å². The molecule has 2 N–H and O–H groups in total. The lowest BCUT2D eigenvalue weighted by molar-refractivity contribution is -0.901. The van der Waals surface area contributed by atoms with Crippen LogP contribution in [-0.4, -0.2) is 30.6 Å². The first-order chi connectivity index (χ1) is 15.1. The summed E-state index contributed by atoms with van der Waals surface area (Å²) in [5.41, 5.74) is 2.33. The zero-order valence-corrected chi connectivity index (χ0v) is 19.5. The maximum atomic E-state index is 13.3. The number of nitrogens with one attached hydrogen (secondary N) is 2. The molecular weight excluding hydrogens is 398 g/mol. The van der Waals surface area contributed by atoms with Crippen LogP contribution >= 0.6 is 0 Å². The number of imide groups is 1. The molecule has 1 saturated heterocycles. The first-order valence-electron chi connectivity index (χ1n) is 11.1. The van der Waals surface area contributed by atoms with Crippen molar-refractivity contribution in [2.45, 2.75) is 45.2 Å². The Balaban J connectivity index is 1.48. The molecule has 1 heterocycles. The summed E-state index contributed by atoms with van der Waals surface area (Å²) in [7, 11) is 2.00. The molecule has 0 spiro atoms. The minimum atomic E-state index is -1.06. The van der Waals surface area contributed by atoms with E-state index >= 15 is 0 Å². The monoisotopic (exact) mass is 430 g/mol. The molecule has 5 nitrogen and oxygen atoms in total. The summed E-state index contributed by atoms with van der Waals surface area (Å²) < 4.78 is 0. The van der Waals surface area contributed by atoms with E-state index in [0.717, 1.165) is 27.8 Å². The van der Waals surface area contributed by atoms with Crippen molar-refractivity contribution in [1.29, 1.82) is 0 Å². The molecule has 4 rings (SSSR count). The minimum Gasteiger partial charge on any atom is -0.319 e. The SMILES string of the molecule is C[NH+](Cc1ccc(C(C)(C)C)cc1)CN1C(=O)N[C@@](C)(c2ccc3ccccc3c2)C1=O. The Bertz CT molecular complexity index is 1160. The summed E-state index contributed by atoms with van der Waals surface area (Å²) in [6.07, 6.45) is 0. The Morgan fingerprint density at radius 3 is 2.25 bits per heavy atom. The van der Waals surface area contributed by atoms with Gasteiger partial charge in [-0.05, 0) is 40.3 Å². The lowest BCUT2D eigenvalue weighted by atomic mass is 9.87. The second kappa shape index (κ2) is 8.06. The van der Waals surface area contributed by atoms with E-state index in [2.05, 4.69) is 50.4 Å². The third-order valence-corrected chi connectivity index (χ3v) is 6.36. The second-order valence-corrected chi connectivity index (χ2v) is 10.1. The van der Waals surface area contributed by atoms with Gasteiger partial charge in [-0.1, -0.05) is 81.4 Å². The predicted molar refractivity (Wildman–Crippen MR) is 127 cm³/mol. The summed E-state index contributed by atoms with van der Waals surface area (Å²) in [6, 6.07) is 22.2. The van der Waals surface area contributed by atoms with E-state index in [1.54, 1.807) is 6.92 Å². The molecule has 3 amide bonds. The fraction of sp³-hybridized carbons (Fsp3) is 0.333. The molecule has 1 aliphatic rings. The van der Waals surface area contributed by atoms with Crippen LogP contribution < -0.4 is 10.2 Å². The molecule has 5 heteroatoms. The predicted octanol–water partition coefficient (Wildman–Crippen LogP) is 3.58. The summed E-state index contributed by atoms with van der Waals surface area (Å²) in [5, 5.41) is 5.08. The molecule has 0 bridgehead atoms. The molecule has 32 heavy (non-hydrogen) atoms. The summed E-state index contributed by atoms with van der Waals surface area (Å²) >= 11 is 0. The molecule has 1 unspecified atom stereocenters. The van der Waals surface area contributed by atoms with Gasteiger partial charge in [0.1, 0.15) is 12.1 Å². The molecule has 0 aromatic heterocycles. The van der Waals surface area contributed by atoms with Crippen molar-refractivity contribution >= 4 is 22.7 Å². The van der Waals surface area contributed by atoms with E-state index in [1.165, 1.54) is 16.0 Å². The minimum absolute atomic E-state index is 0.116. The maximum absolute atomic E-state index is 13.3. The molecule has 0 aliphatic carbocycles. The summed E-state index contributed by atoms with van der Waals surface area (Å²) in [5.74, 6) is -0.208. The van der Waals surface area contributed by atoms with Crippen LogP contribution in [0.5, 0.6) is 0 Å². The second-order valence-electron chi connectivity index (χ2n) is 10.1. The van der Waals surface area contributed by atoms with Crippen molar-refractivity contribution in [2.24, 2.45) is 0 Å². The van der Waals surface area contributed by atoms with E-state index in [4.69, 9.17) is 0 Å². The number of benzene rings is 3. The highest BCUT2D eigenvalue weighted by molar-refractivity contribution is 6.07. The molecule has 0 radical (unpaired) electrons. The van der Waals surface area contributed by atoms with Crippen molar-refractivity contribution in [3.63, 3.8) is 0 Å². The van der Waals surface area contributed by atoms with E-state index < -0.39 is 5.54 Å². The van der Waals surface area contributed by atoms with E-state index in [9.17, 15) is 9.59 Å². The Morgan fingerprint density at radius 2 is 1.59 bits per heavy atom. The van der Waals surface area contributed by atoms with Crippen LogP contribution in [0.4, 0.5) is 4.79 Å². The topological polar surface area (TPSA) is 53.9 Å².